The van der Waals surface area contributed by atoms with Crippen molar-refractivity contribution in [3.63, 3.8) is 0 Å². The van der Waals surface area contributed by atoms with Crippen molar-refractivity contribution in [1.29, 1.82) is 0 Å². The van der Waals surface area contributed by atoms with Crippen LogP contribution in [0.4, 0.5) is 0 Å². The molecule has 5 unspecified atom stereocenters. The molecule has 3 saturated carbocycles. The Labute approximate surface area is 180 Å². The first-order valence-electron chi connectivity index (χ1n) is 11.8. The van der Waals surface area contributed by atoms with Gasteiger partial charge in [-0.05, 0) is 75.0 Å². The number of imidazole rings is 1. The molecule has 1 heterocycles. The number of rotatable bonds is 7. The highest BCUT2D eigenvalue weighted by atomic mass is 16.5. The van der Waals surface area contributed by atoms with Crippen LogP contribution in [-0.2, 0) is 16.1 Å². The van der Waals surface area contributed by atoms with E-state index in [4.69, 9.17) is 4.74 Å². The van der Waals surface area contributed by atoms with Crippen LogP contribution >= 0.6 is 0 Å². The Morgan fingerprint density at radius 2 is 2.20 bits per heavy atom. The fourth-order valence-corrected chi connectivity index (χ4v) is 6.95. The number of aromatic nitrogens is 2. The number of ether oxygens (including phenoxy) is 1. The molecule has 0 aromatic carbocycles. The molecule has 0 bridgehead atoms. The van der Waals surface area contributed by atoms with Crippen LogP contribution in [0.5, 0.6) is 0 Å². The van der Waals surface area contributed by atoms with E-state index in [1.165, 1.54) is 31.3 Å². The highest BCUT2D eigenvalue weighted by Gasteiger charge is 2.53. The van der Waals surface area contributed by atoms with E-state index in [-0.39, 0.29) is 11.3 Å². The summed E-state index contributed by atoms with van der Waals surface area (Å²) in [4.78, 5) is 17.2. The maximum Gasteiger partial charge on any atom is 0.156 e. The zero-order valence-corrected chi connectivity index (χ0v) is 18.7. The average molecular weight is 415 g/mol. The molecule has 166 valence electrons. The maximum absolute atomic E-state index is 13.1. The average Bonchev–Trinajstić information content (AvgIpc) is 3.33. The van der Waals surface area contributed by atoms with Crippen LogP contribution in [0.25, 0.3) is 0 Å². The van der Waals surface area contributed by atoms with Crippen LogP contribution < -0.4 is 0 Å². The predicted molar refractivity (Wildman–Crippen MR) is 117 cm³/mol. The molecule has 0 amide bonds. The van der Waals surface area contributed by atoms with Crippen molar-refractivity contribution in [1.82, 2.24) is 9.55 Å². The number of nitrogens with zero attached hydrogens (tertiary/aromatic N) is 2. The summed E-state index contributed by atoms with van der Waals surface area (Å²) in [5.41, 5.74) is 0.861. The number of carbonyl (C=O) groups is 1. The molecule has 1 N–H and O–H groups in total. The van der Waals surface area contributed by atoms with Gasteiger partial charge in [-0.1, -0.05) is 25.0 Å². The van der Waals surface area contributed by atoms with Crippen LogP contribution in [-0.4, -0.2) is 39.8 Å². The molecule has 1 aromatic heterocycles. The molecule has 5 nitrogen and oxygen atoms in total. The molecule has 0 saturated heterocycles. The molecule has 4 rings (SSSR count). The lowest BCUT2D eigenvalue weighted by atomic mass is 9.60. The van der Waals surface area contributed by atoms with Gasteiger partial charge >= 0.3 is 0 Å². The van der Waals surface area contributed by atoms with Gasteiger partial charge in [0.25, 0.3) is 0 Å². The van der Waals surface area contributed by atoms with Gasteiger partial charge in [-0.2, -0.15) is 0 Å². The Hall–Kier alpha value is -1.46. The van der Waals surface area contributed by atoms with Crippen molar-refractivity contribution in [2.75, 3.05) is 13.7 Å². The first kappa shape index (κ1) is 21.8. The summed E-state index contributed by atoms with van der Waals surface area (Å²) in [5, 5.41) is 10.8. The summed E-state index contributed by atoms with van der Waals surface area (Å²) in [5.74, 6) is 1.87. The SMILES string of the molecule is COCC1(O)CCCC(=CCC2CCCC3(C)C(C(=O)Cn4ccnc4)CCC23)C1. The number of methoxy groups -OCH3 is 1. The maximum atomic E-state index is 13.1. The number of aliphatic hydroxyl groups is 1. The number of hydrogen-bond donors (Lipinski definition) is 1. The number of ketones is 1. The summed E-state index contributed by atoms with van der Waals surface area (Å²) in [6.45, 7) is 3.27. The Morgan fingerprint density at radius 1 is 1.33 bits per heavy atom. The molecule has 0 aliphatic heterocycles. The van der Waals surface area contributed by atoms with Crippen molar-refractivity contribution in [3.8, 4) is 0 Å². The Bertz CT molecular complexity index is 754. The van der Waals surface area contributed by atoms with E-state index in [2.05, 4.69) is 18.0 Å². The van der Waals surface area contributed by atoms with E-state index in [1.807, 2.05) is 10.8 Å². The molecule has 0 spiro atoms. The minimum atomic E-state index is -0.682. The minimum Gasteiger partial charge on any atom is -0.387 e. The third kappa shape index (κ3) is 4.43. The Balaban J connectivity index is 1.41. The quantitative estimate of drug-likeness (QED) is 0.665. The number of Topliss-reactive ketones (excluding diaryl/α,β-unsaturated/α-hetero) is 1. The first-order valence-corrected chi connectivity index (χ1v) is 11.8. The van der Waals surface area contributed by atoms with Gasteiger partial charge in [0.05, 0.1) is 25.1 Å². The molecule has 5 atom stereocenters. The first-order chi connectivity index (χ1) is 14.4. The van der Waals surface area contributed by atoms with E-state index in [9.17, 15) is 9.90 Å². The fraction of sp³-hybridized carbons (Fsp3) is 0.760. The number of allylic oxidation sites excluding steroid dienone is 1. The molecule has 1 aromatic rings. The summed E-state index contributed by atoms with van der Waals surface area (Å²) in [6, 6.07) is 0. The van der Waals surface area contributed by atoms with Crippen molar-refractivity contribution in [2.45, 2.75) is 83.3 Å². The van der Waals surface area contributed by atoms with E-state index in [0.29, 0.717) is 30.8 Å². The second-order valence-corrected chi connectivity index (χ2v) is 10.4. The highest BCUT2D eigenvalue weighted by molar-refractivity contribution is 5.82. The van der Waals surface area contributed by atoms with Gasteiger partial charge in [0, 0.05) is 25.4 Å². The van der Waals surface area contributed by atoms with E-state index in [0.717, 1.165) is 38.5 Å². The van der Waals surface area contributed by atoms with Gasteiger partial charge in [-0.25, -0.2) is 4.98 Å². The lowest BCUT2D eigenvalue weighted by Crippen LogP contribution is -2.40. The Morgan fingerprint density at radius 3 is 2.97 bits per heavy atom. The molecule has 5 heteroatoms. The van der Waals surface area contributed by atoms with E-state index >= 15 is 0 Å². The lowest BCUT2D eigenvalue weighted by molar-refractivity contribution is -0.128. The summed E-state index contributed by atoms with van der Waals surface area (Å²) in [7, 11) is 1.67. The summed E-state index contributed by atoms with van der Waals surface area (Å²) >= 11 is 0. The van der Waals surface area contributed by atoms with Crippen LogP contribution in [0.1, 0.15) is 71.1 Å². The largest absolute Gasteiger partial charge is 0.387 e. The van der Waals surface area contributed by atoms with E-state index in [1.54, 1.807) is 19.6 Å². The van der Waals surface area contributed by atoms with Crippen molar-refractivity contribution in [3.05, 3.63) is 30.4 Å². The van der Waals surface area contributed by atoms with Crippen LogP contribution in [0.15, 0.2) is 30.4 Å². The van der Waals surface area contributed by atoms with Gasteiger partial charge < -0.3 is 14.4 Å². The predicted octanol–water partition coefficient (Wildman–Crippen LogP) is 4.55. The molecule has 3 fully saturated rings. The van der Waals surface area contributed by atoms with Gasteiger partial charge in [0.1, 0.15) is 0 Å². The topological polar surface area (TPSA) is 64.3 Å². The van der Waals surface area contributed by atoms with Crippen LogP contribution in [0.3, 0.4) is 0 Å². The van der Waals surface area contributed by atoms with Gasteiger partial charge in [-0.15, -0.1) is 0 Å². The molecule has 30 heavy (non-hydrogen) atoms. The third-order valence-corrected chi connectivity index (χ3v) is 8.37. The van der Waals surface area contributed by atoms with Crippen LogP contribution in [0.2, 0.25) is 0 Å². The molecular formula is C25H38N2O3. The van der Waals surface area contributed by atoms with Gasteiger partial charge in [0.15, 0.2) is 5.78 Å². The van der Waals surface area contributed by atoms with Gasteiger partial charge in [-0.3, -0.25) is 4.79 Å². The number of fused-ring (bicyclic) bond motifs is 1. The minimum absolute atomic E-state index is 0.141. The smallest absolute Gasteiger partial charge is 0.156 e. The van der Waals surface area contributed by atoms with Crippen molar-refractivity contribution < 1.29 is 14.6 Å². The summed E-state index contributed by atoms with van der Waals surface area (Å²) in [6.07, 6.45) is 18.5. The monoisotopic (exact) mass is 414 g/mol. The lowest BCUT2D eigenvalue weighted by Gasteiger charge is -2.44. The molecular weight excluding hydrogens is 376 g/mol. The van der Waals surface area contributed by atoms with Crippen LogP contribution in [0, 0.1) is 23.2 Å². The normalized spacial score (nSPS) is 38.0. The zero-order valence-electron chi connectivity index (χ0n) is 18.7. The summed E-state index contributed by atoms with van der Waals surface area (Å²) < 4.78 is 7.16. The number of carbonyl (C=O) groups excluding carboxylic acids is 1. The number of hydrogen-bond acceptors (Lipinski definition) is 4. The van der Waals surface area contributed by atoms with Crippen molar-refractivity contribution in [2.24, 2.45) is 23.2 Å². The van der Waals surface area contributed by atoms with E-state index < -0.39 is 5.60 Å². The molecule has 3 aliphatic rings. The Kier molecular flexibility index (Phi) is 6.50. The highest BCUT2D eigenvalue weighted by Crippen LogP contribution is 2.58. The van der Waals surface area contributed by atoms with Gasteiger partial charge in [0.2, 0.25) is 0 Å². The molecule has 0 radical (unpaired) electrons. The second-order valence-electron chi connectivity index (χ2n) is 10.4. The zero-order chi connectivity index (χ0) is 21.2. The standard InChI is InChI=1S/C25H38N2O3/c1-24-11-4-6-20(8-7-19-5-3-12-25(29,15-19)17-30-2)21(24)9-10-22(24)23(28)16-27-14-13-26-18-27/h7,13-14,18,20-22,29H,3-6,8-12,15-17H2,1-2H3. The molecule has 3 aliphatic carbocycles. The fourth-order valence-electron chi connectivity index (χ4n) is 6.95. The van der Waals surface area contributed by atoms with Crippen molar-refractivity contribution >= 4 is 5.78 Å². The second kappa shape index (κ2) is 8.96. The third-order valence-electron chi connectivity index (χ3n) is 8.37.